The average molecular weight is 294 g/mol. The first-order valence-corrected chi connectivity index (χ1v) is 8.19. The Bertz CT molecular complexity index is 518. The van der Waals surface area contributed by atoms with Crippen LogP contribution in [-0.2, 0) is 17.6 Å². The summed E-state index contributed by atoms with van der Waals surface area (Å²) >= 11 is 0. The predicted octanol–water partition coefficient (Wildman–Crippen LogP) is 5.21. The van der Waals surface area contributed by atoms with Crippen molar-refractivity contribution in [3.63, 3.8) is 0 Å². The van der Waals surface area contributed by atoms with Crippen LogP contribution in [0.1, 0.15) is 30.4 Å². The van der Waals surface area contributed by atoms with Gasteiger partial charge in [0.05, 0.1) is 6.10 Å². The van der Waals surface area contributed by atoms with Gasteiger partial charge in [0.15, 0.2) is 0 Å². The number of ether oxygens (including phenoxy) is 1. The molecule has 0 aromatic heterocycles. The van der Waals surface area contributed by atoms with E-state index >= 15 is 0 Å². The Balaban J connectivity index is 1.68. The standard InChI is InChI=1S/C21H26O/c1-2-10-21(17-16-20-13-7-4-8-14-20)22-18-9-15-19-11-5-3-6-12-19/h2-8,11-14,21H,1,9-10,15-18H2/t21-/m0/s1. The average Bonchev–Trinajstić information content (AvgIpc) is 2.58. The Morgan fingerprint density at radius 2 is 1.45 bits per heavy atom. The zero-order valence-corrected chi connectivity index (χ0v) is 13.3. The second-order valence-corrected chi connectivity index (χ2v) is 5.63. The lowest BCUT2D eigenvalue weighted by Crippen LogP contribution is -2.14. The number of benzene rings is 2. The maximum atomic E-state index is 6.05. The summed E-state index contributed by atoms with van der Waals surface area (Å²) in [6, 6.07) is 21.2. The van der Waals surface area contributed by atoms with Crippen LogP contribution in [0, 0.1) is 0 Å². The first-order valence-electron chi connectivity index (χ1n) is 8.19. The molecule has 0 heterocycles. The molecule has 0 amide bonds. The summed E-state index contributed by atoms with van der Waals surface area (Å²) in [5, 5.41) is 0. The molecule has 0 radical (unpaired) electrons. The van der Waals surface area contributed by atoms with Crippen LogP contribution in [0.15, 0.2) is 73.3 Å². The van der Waals surface area contributed by atoms with Gasteiger partial charge in [-0.2, -0.15) is 0 Å². The number of hydrogen-bond donors (Lipinski definition) is 0. The molecule has 1 heteroatoms. The van der Waals surface area contributed by atoms with Crippen molar-refractivity contribution < 1.29 is 4.74 Å². The van der Waals surface area contributed by atoms with Crippen molar-refractivity contribution in [1.29, 1.82) is 0 Å². The van der Waals surface area contributed by atoms with Gasteiger partial charge >= 0.3 is 0 Å². The zero-order chi connectivity index (χ0) is 15.5. The molecule has 2 rings (SSSR count). The summed E-state index contributed by atoms with van der Waals surface area (Å²) < 4.78 is 6.05. The van der Waals surface area contributed by atoms with Crippen LogP contribution in [0.4, 0.5) is 0 Å². The van der Waals surface area contributed by atoms with Gasteiger partial charge in [-0.15, -0.1) is 6.58 Å². The van der Waals surface area contributed by atoms with Gasteiger partial charge in [-0.3, -0.25) is 0 Å². The normalized spacial score (nSPS) is 12.0. The van der Waals surface area contributed by atoms with E-state index in [4.69, 9.17) is 4.74 Å². The van der Waals surface area contributed by atoms with Crippen LogP contribution in [0.3, 0.4) is 0 Å². The van der Waals surface area contributed by atoms with E-state index in [2.05, 4.69) is 67.2 Å². The molecule has 1 atom stereocenters. The van der Waals surface area contributed by atoms with Gasteiger partial charge in [-0.05, 0) is 43.2 Å². The fraction of sp³-hybridized carbons (Fsp3) is 0.333. The number of rotatable bonds is 10. The third-order valence-corrected chi connectivity index (χ3v) is 3.83. The van der Waals surface area contributed by atoms with Crippen LogP contribution >= 0.6 is 0 Å². The highest BCUT2D eigenvalue weighted by Gasteiger charge is 2.07. The minimum absolute atomic E-state index is 0.286. The fourth-order valence-electron chi connectivity index (χ4n) is 2.60. The van der Waals surface area contributed by atoms with Crippen LogP contribution in [0.25, 0.3) is 0 Å². The van der Waals surface area contributed by atoms with E-state index in [1.807, 2.05) is 6.08 Å². The first kappa shape index (κ1) is 16.5. The lowest BCUT2D eigenvalue weighted by Gasteiger charge is -2.16. The SMILES string of the molecule is C=CC[C@@H](CCc1ccccc1)OCCCc1ccccc1. The fourth-order valence-corrected chi connectivity index (χ4v) is 2.60. The molecule has 0 aliphatic rings. The second-order valence-electron chi connectivity index (χ2n) is 5.63. The highest BCUT2D eigenvalue weighted by Crippen LogP contribution is 2.12. The molecular weight excluding hydrogens is 268 g/mol. The molecule has 0 saturated carbocycles. The number of aryl methyl sites for hydroxylation is 2. The quantitative estimate of drug-likeness (QED) is 0.431. The molecule has 0 spiro atoms. The molecule has 0 aliphatic carbocycles. The molecular formula is C21H26O. The Hall–Kier alpha value is -1.86. The van der Waals surface area contributed by atoms with Crippen molar-refractivity contribution in [2.45, 2.75) is 38.2 Å². The zero-order valence-electron chi connectivity index (χ0n) is 13.3. The van der Waals surface area contributed by atoms with Gasteiger partial charge in [-0.25, -0.2) is 0 Å². The summed E-state index contributed by atoms with van der Waals surface area (Å²) in [6.07, 6.45) is 7.46. The van der Waals surface area contributed by atoms with E-state index in [0.717, 1.165) is 38.7 Å². The van der Waals surface area contributed by atoms with E-state index < -0.39 is 0 Å². The van der Waals surface area contributed by atoms with E-state index in [1.165, 1.54) is 11.1 Å². The predicted molar refractivity (Wildman–Crippen MR) is 94.1 cm³/mol. The second kappa shape index (κ2) is 9.97. The Morgan fingerprint density at radius 1 is 0.864 bits per heavy atom. The van der Waals surface area contributed by atoms with E-state index in [-0.39, 0.29) is 6.10 Å². The van der Waals surface area contributed by atoms with Crippen LogP contribution in [0.5, 0.6) is 0 Å². The lowest BCUT2D eigenvalue weighted by atomic mass is 10.0. The molecule has 0 fully saturated rings. The summed E-state index contributed by atoms with van der Waals surface area (Å²) in [6.45, 7) is 4.67. The summed E-state index contributed by atoms with van der Waals surface area (Å²) in [5.41, 5.74) is 2.76. The van der Waals surface area contributed by atoms with E-state index in [0.29, 0.717) is 0 Å². The van der Waals surface area contributed by atoms with Crippen molar-refractivity contribution in [3.8, 4) is 0 Å². The van der Waals surface area contributed by atoms with Crippen molar-refractivity contribution >= 4 is 0 Å². The van der Waals surface area contributed by atoms with Gasteiger partial charge in [0.2, 0.25) is 0 Å². The lowest BCUT2D eigenvalue weighted by molar-refractivity contribution is 0.0483. The molecule has 2 aromatic carbocycles. The molecule has 0 unspecified atom stereocenters. The maximum Gasteiger partial charge on any atom is 0.0612 e. The van der Waals surface area contributed by atoms with Crippen molar-refractivity contribution in [3.05, 3.63) is 84.4 Å². The van der Waals surface area contributed by atoms with Gasteiger partial charge in [0.1, 0.15) is 0 Å². The largest absolute Gasteiger partial charge is 0.378 e. The third-order valence-electron chi connectivity index (χ3n) is 3.83. The molecule has 2 aromatic rings. The van der Waals surface area contributed by atoms with Crippen LogP contribution < -0.4 is 0 Å². The first-order chi connectivity index (χ1) is 10.9. The number of hydrogen-bond acceptors (Lipinski definition) is 1. The Morgan fingerprint density at radius 3 is 2.05 bits per heavy atom. The minimum atomic E-state index is 0.286. The smallest absolute Gasteiger partial charge is 0.0612 e. The molecule has 0 bridgehead atoms. The van der Waals surface area contributed by atoms with Gasteiger partial charge in [0, 0.05) is 6.61 Å². The molecule has 1 nitrogen and oxygen atoms in total. The molecule has 0 N–H and O–H groups in total. The Labute approximate surface area is 134 Å². The van der Waals surface area contributed by atoms with Crippen molar-refractivity contribution in [2.75, 3.05) is 6.61 Å². The molecule has 116 valence electrons. The van der Waals surface area contributed by atoms with Gasteiger partial charge in [0.25, 0.3) is 0 Å². The van der Waals surface area contributed by atoms with Gasteiger partial charge in [-0.1, -0.05) is 66.7 Å². The van der Waals surface area contributed by atoms with Crippen molar-refractivity contribution in [1.82, 2.24) is 0 Å². The van der Waals surface area contributed by atoms with Crippen LogP contribution in [-0.4, -0.2) is 12.7 Å². The topological polar surface area (TPSA) is 9.23 Å². The minimum Gasteiger partial charge on any atom is -0.378 e. The highest BCUT2D eigenvalue weighted by molar-refractivity contribution is 5.15. The van der Waals surface area contributed by atoms with E-state index in [9.17, 15) is 0 Å². The molecule has 0 aliphatic heterocycles. The third kappa shape index (κ3) is 6.28. The molecule has 22 heavy (non-hydrogen) atoms. The molecule has 0 saturated heterocycles. The van der Waals surface area contributed by atoms with Gasteiger partial charge < -0.3 is 4.74 Å². The summed E-state index contributed by atoms with van der Waals surface area (Å²) in [7, 11) is 0. The van der Waals surface area contributed by atoms with E-state index in [1.54, 1.807) is 0 Å². The van der Waals surface area contributed by atoms with Crippen molar-refractivity contribution in [2.24, 2.45) is 0 Å². The monoisotopic (exact) mass is 294 g/mol. The summed E-state index contributed by atoms with van der Waals surface area (Å²) in [5.74, 6) is 0. The maximum absolute atomic E-state index is 6.05. The highest BCUT2D eigenvalue weighted by atomic mass is 16.5. The summed E-state index contributed by atoms with van der Waals surface area (Å²) in [4.78, 5) is 0. The van der Waals surface area contributed by atoms with Crippen LogP contribution in [0.2, 0.25) is 0 Å². The Kier molecular flexibility index (Phi) is 7.48.